The fraction of sp³-hybridized carbons (Fsp3) is 0.0526. The van der Waals surface area contributed by atoms with Gasteiger partial charge in [-0.3, -0.25) is 4.79 Å². The molecule has 4 nitrogen and oxygen atoms in total. The topological polar surface area (TPSA) is 39.3 Å². The van der Waals surface area contributed by atoms with Gasteiger partial charge in [-0.2, -0.15) is 0 Å². The van der Waals surface area contributed by atoms with Crippen LogP contribution in [0.5, 0.6) is 0 Å². The molecular formula is C19H10Cl4FN3OS. The van der Waals surface area contributed by atoms with Gasteiger partial charge in [0.1, 0.15) is 16.5 Å². The van der Waals surface area contributed by atoms with Gasteiger partial charge in [-0.25, -0.2) is 18.6 Å². The van der Waals surface area contributed by atoms with Crippen molar-refractivity contribution >= 4 is 63.8 Å². The minimum absolute atomic E-state index is 0.237. The molecule has 4 aromatic rings. The van der Waals surface area contributed by atoms with Crippen LogP contribution < -0.4 is 5.56 Å². The fourth-order valence-electron chi connectivity index (χ4n) is 2.84. The van der Waals surface area contributed by atoms with Crippen molar-refractivity contribution in [2.45, 2.75) is 16.8 Å². The van der Waals surface area contributed by atoms with Crippen LogP contribution in [0.15, 0.2) is 57.3 Å². The standard InChI is InChI=1S/C19H10Cl4FN3OS/c1-9-18-25-16(29-15-3-2-11(24)8-12(15)21)4-5-26(18)27(19(9)28)17-13(22)6-10(20)7-14(17)23/h2-8H,1H3. The summed E-state index contributed by atoms with van der Waals surface area (Å²) in [5.41, 5.74) is 0.847. The SMILES string of the molecule is Cc1c(=O)n(-c2c(Cl)cc(Cl)cc2Cl)n2ccc(Sc3ccc(F)cc3Cl)nc12. The molecule has 0 aliphatic heterocycles. The molecule has 0 aliphatic rings. The zero-order valence-electron chi connectivity index (χ0n) is 14.6. The van der Waals surface area contributed by atoms with E-state index in [1.807, 2.05) is 0 Å². The number of nitrogens with zero attached hydrogens (tertiary/aromatic N) is 3. The highest BCUT2D eigenvalue weighted by atomic mass is 35.5. The van der Waals surface area contributed by atoms with Crippen molar-refractivity contribution < 1.29 is 4.39 Å². The monoisotopic (exact) mass is 487 g/mol. The third kappa shape index (κ3) is 3.76. The summed E-state index contributed by atoms with van der Waals surface area (Å²) in [5.74, 6) is -0.418. The number of aryl methyl sites for hydroxylation is 1. The van der Waals surface area contributed by atoms with E-state index in [9.17, 15) is 9.18 Å². The Bertz CT molecular complexity index is 1310. The zero-order valence-corrected chi connectivity index (χ0v) is 18.4. The molecule has 0 saturated carbocycles. The van der Waals surface area contributed by atoms with Gasteiger partial charge in [0.15, 0.2) is 5.65 Å². The van der Waals surface area contributed by atoms with Crippen molar-refractivity contribution in [1.29, 1.82) is 0 Å². The van der Waals surface area contributed by atoms with Gasteiger partial charge in [0.05, 0.1) is 20.6 Å². The maximum atomic E-state index is 13.3. The van der Waals surface area contributed by atoms with Gasteiger partial charge in [-0.15, -0.1) is 0 Å². The minimum atomic E-state index is -0.418. The lowest BCUT2D eigenvalue weighted by molar-refractivity contribution is 0.626. The van der Waals surface area contributed by atoms with Crippen LogP contribution in [0.2, 0.25) is 20.1 Å². The van der Waals surface area contributed by atoms with Crippen molar-refractivity contribution in [2.75, 3.05) is 0 Å². The second-order valence-electron chi connectivity index (χ2n) is 6.07. The van der Waals surface area contributed by atoms with Crippen molar-refractivity contribution in [3.8, 4) is 5.69 Å². The first-order chi connectivity index (χ1) is 13.8. The molecule has 0 radical (unpaired) electrons. The van der Waals surface area contributed by atoms with E-state index in [4.69, 9.17) is 46.4 Å². The van der Waals surface area contributed by atoms with Crippen LogP contribution in [-0.2, 0) is 0 Å². The molecule has 0 fully saturated rings. The Morgan fingerprint density at radius 2 is 1.69 bits per heavy atom. The summed E-state index contributed by atoms with van der Waals surface area (Å²) in [4.78, 5) is 18.1. The van der Waals surface area contributed by atoms with Gasteiger partial charge in [0, 0.05) is 16.1 Å². The van der Waals surface area contributed by atoms with Crippen LogP contribution >= 0.6 is 58.2 Å². The second kappa shape index (κ2) is 7.85. The number of rotatable bonds is 3. The maximum Gasteiger partial charge on any atom is 0.277 e. The molecule has 0 N–H and O–H groups in total. The van der Waals surface area contributed by atoms with Crippen molar-refractivity contribution in [2.24, 2.45) is 0 Å². The molecule has 148 valence electrons. The van der Waals surface area contributed by atoms with E-state index in [0.717, 1.165) is 0 Å². The van der Waals surface area contributed by atoms with E-state index in [2.05, 4.69) is 4.98 Å². The van der Waals surface area contributed by atoms with Gasteiger partial charge in [0.25, 0.3) is 5.56 Å². The van der Waals surface area contributed by atoms with Gasteiger partial charge < -0.3 is 0 Å². The van der Waals surface area contributed by atoms with E-state index in [1.54, 1.807) is 29.8 Å². The summed E-state index contributed by atoms with van der Waals surface area (Å²) in [7, 11) is 0. The predicted molar refractivity (Wildman–Crippen MR) is 116 cm³/mol. The van der Waals surface area contributed by atoms with Crippen LogP contribution in [0.4, 0.5) is 4.39 Å². The highest BCUT2D eigenvalue weighted by molar-refractivity contribution is 7.99. The number of hydrogen-bond acceptors (Lipinski definition) is 3. The average Bonchev–Trinajstić information content (AvgIpc) is 2.88. The van der Waals surface area contributed by atoms with Crippen molar-refractivity contribution in [3.63, 3.8) is 0 Å². The van der Waals surface area contributed by atoms with Gasteiger partial charge in [0.2, 0.25) is 0 Å². The van der Waals surface area contributed by atoms with Crippen LogP contribution in [-0.4, -0.2) is 14.2 Å². The number of benzene rings is 2. The van der Waals surface area contributed by atoms with E-state index in [-0.39, 0.29) is 20.6 Å². The smallest absolute Gasteiger partial charge is 0.267 e. The van der Waals surface area contributed by atoms with Crippen LogP contribution in [0, 0.1) is 12.7 Å². The molecule has 2 aromatic carbocycles. The molecule has 0 spiro atoms. The lowest BCUT2D eigenvalue weighted by Crippen LogP contribution is -2.19. The molecule has 10 heteroatoms. The summed E-state index contributed by atoms with van der Waals surface area (Å²) in [6.07, 6.45) is 1.68. The van der Waals surface area contributed by atoms with Crippen LogP contribution in [0.25, 0.3) is 11.3 Å². The minimum Gasteiger partial charge on any atom is -0.267 e. The molecule has 2 aromatic heterocycles. The van der Waals surface area contributed by atoms with E-state index in [0.29, 0.717) is 31.8 Å². The number of hydrogen-bond donors (Lipinski definition) is 0. The summed E-state index contributed by atoms with van der Waals surface area (Å²) in [6.45, 7) is 1.66. The van der Waals surface area contributed by atoms with E-state index in [1.165, 1.54) is 40.7 Å². The summed E-state index contributed by atoms with van der Waals surface area (Å²) < 4.78 is 16.2. The Morgan fingerprint density at radius 3 is 2.34 bits per heavy atom. The van der Waals surface area contributed by atoms with Crippen LogP contribution in [0.3, 0.4) is 0 Å². The third-order valence-corrected chi connectivity index (χ3v) is 6.39. The Kier molecular flexibility index (Phi) is 5.57. The lowest BCUT2D eigenvalue weighted by Gasteiger charge is -2.11. The first-order valence-electron chi connectivity index (χ1n) is 8.15. The summed E-state index contributed by atoms with van der Waals surface area (Å²) in [5, 5.41) is 1.71. The van der Waals surface area contributed by atoms with Crippen molar-refractivity contribution in [1.82, 2.24) is 14.2 Å². The number of halogens is 5. The van der Waals surface area contributed by atoms with E-state index >= 15 is 0 Å². The Morgan fingerprint density at radius 1 is 1.00 bits per heavy atom. The van der Waals surface area contributed by atoms with Gasteiger partial charge >= 0.3 is 0 Å². The molecule has 29 heavy (non-hydrogen) atoms. The van der Waals surface area contributed by atoms with E-state index < -0.39 is 5.82 Å². The maximum absolute atomic E-state index is 13.3. The van der Waals surface area contributed by atoms with Gasteiger partial charge in [-0.1, -0.05) is 58.2 Å². The second-order valence-corrected chi connectivity index (χ2v) is 8.79. The molecule has 0 bridgehead atoms. The molecule has 0 aliphatic carbocycles. The first-order valence-corrected chi connectivity index (χ1v) is 10.5. The molecular weight excluding hydrogens is 479 g/mol. The summed E-state index contributed by atoms with van der Waals surface area (Å²) in [6, 6.07) is 8.87. The molecule has 0 unspecified atom stereocenters. The normalized spacial score (nSPS) is 11.4. The predicted octanol–water partition coefficient (Wildman–Crippen LogP) is 6.70. The Labute approximate surface area is 188 Å². The van der Waals surface area contributed by atoms with Crippen LogP contribution in [0.1, 0.15) is 5.56 Å². The molecule has 0 saturated heterocycles. The fourth-order valence-corrected chi connectivity index (χ4v) is 4.88. The number of fused-ring (bicyclic) bond motifs is 1. The zero-order chi connectivity index (χ0) is 20.9. The lowest BCUT2D eigenvalue weighted by atomic mass is 10.3. The highest BCUT2D eigenvalue weighted by Gasteiger charge is 2.19. The third-order valence-electron chi connectivity index (χ3n) is 4.16. The quantitative estimate of drug-likeness (QED) is 0.301. The molecule has 4 rings (SSSR count). The Balaban J connectivity index is 1.86. The largest absolute Gasteiger partial charge is 0.277 e. The van der Waals surface area contributed by atoms with Crippen molar-refractivity contribution in [3.05, 3.63) is 84.4 Å². The Hall–Kier alpha value is -1.70. The first kappa shape index (κ1) is 20.6. The average molecular weight is 489 g/mol. The molecule has 0 atom stereocenters. The molecule has 0 amide bonds. The summed E-state index contributed by atoms with van der Waals surface area (Å²) >= 11 is 26.0. The molecule has 2 heterocycles. The van der Waals surface area contributed by atoms with Gasteiger partial charge in [-0.05, 0) is 43.3 Å². The number of aromatic nitrogens is 3. The highest BCUT2D eigenvalue weighted by Crippen LogP contribution is 2.34.